The first-order valence-corrected chi connectivity index (χ1v) is 10.8. The van der Waals surface area contributed by atoms with E-state index in [2.05, 4.69) is 49.2 Å². The summed E-state index contributed by atoms with van der Waals surface area (Å²) >= 11 is 0. The Hall–Kier alpha value is -1.02. The van der Waals surface area contributed by atoms with Gasteiger partial charge in [0, 0.05) is 6.54 Å². The zero-order valence-electron chi connectivity index (χ0n) is 16.8. The molecule has 0 aliphatic rings. The van der Waals surface area contributed by atoms with E-state index in [1.54, 1.807) is 0 Å². The van der Waals surface area contributed by atoms with E-state index in [0.717, 1.165) is 19.6 Å². The Morgan fingerprint density at radius 1 is 0.640 bits per heavy atom. The smallest absolute Gasteiger partial charge is 0.0748 e. The highest BCUT2D eigenvalue weighted by atomic mass is 16.7. The lowest BCUT2D eigenvalue weighted by Gasteiger charge is -2.23. The van der Waals surface area contributed by atoms with Crippen LogP contribution in [0.15, 0.2) is 30.3 Å². The summed E-state index contributed by atoms with van der Waals surface area (Å²) in [6, 6.07) is 10.4. The number of rotatable bonds is 17. The van der Waals surface area contributed by atoms with Crippen molar-refractivity contribution in [1.82, 2.24) is 0 Å². The number of hydrogen-bond acceptors (Lipinski definition) is 2. The molecule has 1 aromatic carbocycles. The molecular weight excluding hydrogens is 306 g/mol. The fraction of sp³-hybridized carbons (Fsp3) is 0.739. The summed E-state index contributed by atoms with van der Waals surface area (Å²) in [5, 5.41) is 2.05. The minimum atomic E-state index is 0.840. The van der Waals surface area contributed by atoms with E-state index in [0.29, 0.717) is 0 Å². The van der Waals surface area contributed by atoms with Crippen molar-refractivity contribution in [2.45, 2.75) is 97.3 Å². The quantitative estimate of drug-likeness (QED) is 0.213. The van der Waals surface area contributed by atoms with Gasteiger partial charge in [0.1, 0.15) is 0 Å². The first kappa shape index (κ1) is 22.0. The molecule has 144 valence electrons. The summed E-state index contributed by atoms with van der Waals surface area (Å²) in [5.74, 6) is 0. The van der Waals surface area contributed by atoms with Gasteiger partial charge in [0.2, 0.25) is 0 Å². The Balaban J connectivity index is 1.93. The normalized spacial score (nSPS) is 11.0. The maximum absolute atomic E-state index is 5.99. The van der Waals surface area contributed by atoms with Crippen molar-refractivity contribution in [3.63, 3.8) is 0 Å². The molecule has 0 saturated heterocycles. The van der Waals surface area contributed by atoms with Gasteiger partial charge in [0.25, 0.3) is 0 Å². The van der Waals surface area contributed by atoms with E-state index in [4.69, 9.17) is 4.84 Å². The highest BCUT2D eigenvalue weighted by Crippen LogP contribution is 2.15. The average Bonchev–Trinajstić information content (AvgIpc) is 2.65. The van der Waals surface area contributed by atoms with E-state index < -0.39 is 0 Å². The molecule has 1 aromatic rings. The molecule has 0 spiro atoms. The Bertz CT molecular complexity index is 379. The molecule has 0 atom stereocenters. The molecule has 0 aliphatic heterocycles. The lowest BCUT2D eigenvalue weighted by Crippen LogP contribution is -2.24. The molecule has 2 heteroatoms. The maximum Gasteiger partial charge on any atom is 0.0748 e. The number of anilines is 1. The van der Waals surface area contributed by atoms with Crippen molar-refractivity contribution >= 4 is 5.69 Å². The molecule has 0 heterocycles. The van der Waals surface area contributed by atoms with Crippen LogP contribution < -0.4 is 5.06 Å². The van der Waals surface area contributed by atoms with Crippen LogP contribution in [0.4, 0.5) is 5.69 Å². The summed E-state index contributed by atoms with van der Waals surface area (Å²) < 4.78 is 0. The topological polar surface area (TPSA) is 12.5 Å². The van der Waals surface area contributed by atoms with Gasteiger partial charge in [0.05, 0.1) is 12.3 Å². The van der Waals surface area contributed by atoms with Gasteiger partial charge in [-0.2, -0.15) is 0 Å². The van der Waals surface area contributed by atoms with Crippen molar-refractivity contribution in [3.05, 3.63) is 30.3 Å². The molecule has 0 amide bonds. The Labute approximate surface area is 156 Å². The van der Waals surface area contributed by atoms with Gasteiger partial charge < -0.3 is 0 Å². The molecule has 0 aromatic heterocycles. The third-order valence-corrected chi connectivity index (χ3v) is 4.72. The number of hydrogen-bond donors (Lipinski definition) is 0. The molecule has 1 rings (SSSR count). The van der Waals surface area contributed by atoms with E-state index in [1.165, 1.54) is 82.7 Å². The molecule has 0 unspecified atom stereocenters. The number of unbranched alkanes of at least 4 members (excludes halogenated alkanes) is 11. The van der Waals surface area contributed by atoms with Gasteiger partial charge in [-0.25, -0.2) is 0 Å². The van der Waals surface area contributed by atoms with E-state index in [1.807, 2.05) is 0 Å². The van der Waals surface area contributed by atoms with Gasteiger partial charge in [0.15, 0.2) is 0 Å². The van der Waals surface area contributed by atoms with Gasteiger partial charge in [-0.05, 0) is 25.0 Å². The average molecular weight is 348 g/mol. The lowest BCUT2D eigenvalue weighted by molar-refractivity contribution is 0.104. The van der Waals surface area contributed by atoms with Gasteiger partial charge >= 0.3 is 0 Å². The molecule has 0 bridgehead atoms. The van der Waals surface area contributed by atoms with Crippen LogP contribution in [-0.2, 0) is 4.84 Å². The van der Waals surface area contributed by atoms with Crippen LogP contribution in [-0.4, -0.2) is 13.2 Å². The first-order valence-electron chi connectivity index (χ1n) is 10.8. The second-order valence-electron chi connectivity index (χ2n) is 7.16. The minimum Gasteiger partial charge on any atom is -0.273 e. The zero-order chi connectivity index (χ0) is 18.0. The molecule has 2 nitrogen and oxygen atoms in total. The van der Waals surface area contributed by atoms with E-state index in [9.17, 15) is 0 Å². The van der Waals surface area contributed by atoms with Crippen molar-refractivity contribution < 1.29 is 4.84 Å². The number of para-hydroxylation sites is 1. The third kappa shape index (κ3) is 12.0. The van der Waals surface area contributed by atoms with Crippen molar-refractivity contribution in [2.24, 2.45) is 0 Å². The maximum atomic E-state index is 5.99. The highest BCUT2D eigenvalue weighted by Gasteiger charge is 2.05. The Morgan fingerprint density at radius 3 is 1.68 bits per heavy atom. The van der Waals surface area contributed by atoms with Gasteiger partial charge in [-0.3, -0.25) is 9.90 Å². The van der Waals surface area contributed by atoms with Crippen LogP contribution in [0, 0.1) is 0 Å². The Morgan fingerprint density at radius 2 is 1.16 bits per heavy atom. The van der Waals surface area contributed by atoms with Crippen LogP contribution in [0.2, 0.25) is 0 Å². The van der Waals surface area contributed by atoms with Crippen LogP contribution in [0.5, 0.6) is 0 Å². The van der Waals surface area contributed by atoms with Gasteiger partial charge in [-0.15, -0.1) is 0 Å². The van der Waals surface area contributed by atoms with Crippen molar-refractivity contribution in [2.75, 3.05) is 18.2 Å². The van der Waals surface area contributed by atoms with Crippen molar-refractivity contribution in [1.29, 1.82) is 0 Å². The number of hydroxylamine groups is 1. The fourth-order valence-electron chi connectivity index (χ4n) is 3.18. The monoisotopic (exact) mass is 347 g/mol. The SMILES string of the molecule is CCCCCCCCCCCCCCON(CCC)c1ccccc1. The molecule has 0 fully saturated rings. The summed E-state index contributed by atoms with van der Waals surface area (Å²) in [4.78, 5) is 5.99. The molecule has 0 saturated carbocycles. The zero-order valence-corrected chi connectivity index (χ0v) is 16.8. The standard InChI is InChI=1S/C23H41NO/c1-3-5-6-7-8-9-10-11-12-13-14-18-22-25-24(21-4-2)23-19-16-15-17-20-23/h15-17,19-20H,3-14,18,21-22H2,1-2H3. The molecule has 0 N–H and O–H groups in total. The van der Waals surface area contributed by atoms with Crippen LogP contribution >= 0.6 is 0 Å². The predicted molar refractivity (Wildman–Crippen MR) is 111 cm³/mol. The van der Waals surface area contributed by atoms with E-state index >= 15 is 0 Å². The molecule has 0 radical (unpaired) electrons. The van der Waals surface area contributed by atoms with Crippen LogP contribution in [0.25, 0.3) is 0 Å². The first-order chi connectivity index (χ1) is 12.4. The fourth-order valence-corrected chi connectivity index (χ4v) is 3.18. The summed E-state index contributed by atoms with van der Waals surface area (Å²) in [5.41, 5.74) is 1.17. The highest BCUT2D eigenvalue weighted by molar-refractivity contribution is 5.43. The minimum absolute atomic E-state index is 0.840. The van der Waals surface area contributed by atoms with E-state index in [-0.39, 0.29) is 0 Å². The second kappa shape index (κ2) is 16.4. The largest absolute Gasteiger partial charge is 0.273 e. The summed E-state index contributed by atoms with van der Waals surface area (Å²) in [6.45, 7) is 6.28. The van der Waals surface area contributed by atoms with Crippen LogP contribution in [0.3, 0.4) is 0 Å². The summed E-state index contributed by atoms with van der Waals surface area (Å²) in [6.07, 6.45) is 17.7. The molecular formula is C23H41NO. The second-order valence-corrected chi connectivity index (χ2v) is 7.16. The third-order valence-electron chi connectivity index (χ3n) is 4.72. The molecule has 0 aliphatic carbocycles. The van der Waals surface area contributed by atoms with Crippen LogP contribution in [0.1, 0.15) is 97.3 Å². The molecule has 25 heavy (non-hydrogen) atoms. The predicted octanol–water partition coefficient (Wildman–Crippen LogP) is 7.54. The number of benzene rings is 1. The van der Waals surface area contributed by atoms with Crippen molar-refractivity contribution in [3.8, 4) is 0 Å². The van der Waals surface area contributed by atoms with Gasteiger partial charge in [-0.1, -0.05) is 103 Å². The number of nitrogens with zero attached hydrogens (tertiary/aromatic N) is 1. The Kier molecular flexibility index (Phi) is 14.5. The lowest BCUT2D eigenvalue weighted by atomic mass is 10.1. The summed E-state index contributed by atoms with van der Waals surface area (Å²) in [7, 11) is 0.